The van der Waals surface area contributed by atoms with E-state index in [1.54, 1.807) is 13.3 Å². The highest BCUT2D eigenvalue weighted by atomic mass is 16.5. The lowest BCUT2D eigenvalue weighted by Gasteiger charge is -2.09. The van der Waals surface area contributed by atoms with E-state index in [-0.39, 0.29) is 0 Å². The molecule has 94 valence electrons. The Morgan fingerprint density at radius 2 is 2.17 bits per heavy atom. The summed E-state index contributed by atoms with van der Waals surface area (Å²) in [5, 5.41) is 3.20. The van der Waals surface area contributed by atoms with E-state index < -0.39 is 0 Å². The Morgan fingerprint density at radius 3 is 2.94 bits per heavy atom. The lowest BCUT2D eigenvalue weighted by molar-refractivity contribution is 0.397. The van der Waals surface area contributed by atoms with E-state index >= 15 is 0 Å². The molecule has 0 spiro atoms. The van der Waals surface area contributed by atoms with Gasteiger partial charge in [0.2, 0.25) is 5.88 Å². The van der Waals surface area contributed by atoms with Gasteiger partial charge in [-0.1, -0.05) is 0 Å². The maximum absolute atomic E-state index is 5.85. The second kappa shape index (κ2) is 5.35. The van der Waals surface area contributed by atoms with Gasteiger partial charge in [-0.2, -0.15) is 0 Å². The summed E-state index contributed by atoms with van der Waals surface area (Å²) in [7, 11) is 1.60. The molecule has 0 bridgehead atoms. The first-order valence-electron chi connectivity index (χ1n) is 5.65. The molecule has 3 N–H and O–H groups in total. The molecule has 5 heteroatoms. The lowest BCUT2D eigenvalue weighted by atomic mass is 10.2. The zero-order chi connectivity index (χ0) is 13.0. The van der Waals surface area contributed by atoms with Crippen molar-refractivity contribution in [2.24, 2.45) is 0 Å². The van der Waals surface area contributed by atoms with Crippen molar-refractivity contribution in [3.63, 3.8) is 0 Å². The zero-order valence-corrected chi connectivity index (χ0v) is 10.5. The number of nitrogens with zero attached hydrogens (tertiary/aromatic N) is 2. The summed E-state index contributed by atoms with van der Waals surface area (Å²) in [5.74, 6) is 1.30. The van der Waals surface area contributed by atoms with Gasteiger partial charge in [-0.15, -0.1) is 0 Å². The SMILES string of the molecule is COc1cc(CNc2nc(C)ccc2N)ccn1. The van der Waals surface area contributed by atoms with Crippen molar-refractivity contribution < 1.29 is 4.74 Å². The largest absolute Gasteiger partial charge is 0.481 e. The van der Waals surface area contributed by atoms with Gasteiger partial charge in [0.25, 0.3) is 0 Å². The molecule has 0 radical (unpaired) electrons. The summed E-state index contributed by atoms with van der Waals surface area (Å²) >= 11 is 0. The fourth-order valence-electron chi connectivity index (χ4n) is 1.57. The maximum Gasteiger partial charge on any atom is 0.213 e. The highest BCUT2D eigenvalue weighted by Crippen LogP contribution is 2.17. The third-order valence-electron chi connectivity index (χ3n) is 2.53. The van der Waals surface area contributed by atoms with Gasteiger partial charge >= 0.3 is 0 Å². The fourth-order valence-corrected chi connectivity index (χ4v) is 1.57. The Morgan fingerprint density at radius 1 is 1.33 bits per heavy atom. The first-order chi connectivity index (χ1) is 8.69. The number of rotatable bonds is 4. The number of pyridine rings is 2. The predicted octanol–water partition coefficient (Wildman–Crippen LogP) is 1.99. The number of hydrogen-bond donors (Lipinski definition) is 2. The van der Waals surface area contributed by atoms with E-state index in [0.717, 1.165) is 11.3 Å². The summed E-state index contributed by atoms with van der Waals surface area (Å²) in [6.07, 6.45) is 1.71. The molecule has 0 saturated heterocycles. The minimum absolute atomic E-state index is 0.597. The summed E-state index contributed by atoms with van der Waals surface area (Å²) in [4.78, 5) is 8.40. The van der Waals surface area contributed by atoms with Crippen LogP contribution in [0.25, 0.3) is 0 Å². The number of hydrogen-bond acceptors (Lipinski definition) is 5. The van der Waals surface area contributed by atoms with Gasteiger partial charge in [0.05, 0.1) is 12.8 Å². The number of nitrogens with two attached hydrogens (primary N) is 1. The monoisotopic (exact) mass is 244 g/mol. The van der Waals surface area contributed by atoms with Crippen LogP contribution < -0.4 is 15.8 Å². The van der Waals surface area contributed by atoms with Crippen molar-refractivity contribution >= 4 is 11.5 Å². The number of ether oxygens (including phenoxy) is 1. The molecule has 2 aromatic rings. The smallest absolute Gasteiger partial charge is 0.213 e. The topological polar surface area (TPSA) is 73.1 Å². The molecule has 0 amide bonds. The van der Waals surface area contributed by atoms with E-state index in [4.69, 9.17) is 10.5 Å². The van der Waals surface area contributed by atoms with E-state index in [1.165, 1.54) is 0 Å². The highest BCUT2D eigenvalue weighted by molar-refractivity contribution is 5.61. The first kappa shape index (κ1) is 12.2. The van der Waals surface area contributed by atoms with Crippen LogP contribution in [0.4, 0.5) is 11.5 Å². The van der Waals surface area contributed by atoms with Gasteiger partial charge in [-0.3, -0.25) is 0 Å². The average molecular weight is 244 g/mol. The van der Waals surface area contributed by atoms with E-state index in [0.29, 0.717) is 23.9 Å². The third kappa shape index (κ3) is 2.88. The number of aryl methyl sites for hydroxylation is 1. The van der Waals surface area contributed by atoms with Crippen LogP contribution in [0.2, 0.25) is 0 Å². The average Bonchev–Trinajstić information content (AvgIpc) is 2.40. The number of aromatic nitrogens is 2. The van der Waals surface area contributed by atoms with Crippen molar-refractivity contribution in [2.45, 2.75) is 13.5 Å². The number of nitrogens with one attached hydrogen (secondary N) is 1. The summed E-state index contributed by atoms with van der Waals surface area (Å²) in [6.45, 7) is 2.56. The van der Waals surface area contributed by atoms with Gasteiger partial charge in [-0.05, 0) is 30.7 Å². The van der Waals surface area contributed by atoms with Crippen molar-refractivity contribution in [3.8, 4) is 5.88 Å². The standard InChI is InChI=1S/C13H16N4O/c1-9-3-4-11(14)13(17-9)16-8-10-5-6-15-12(7-10)18-2/h3-7H,8,14H2,1-2H3,(H,16,17). The summed E-state index contributed by atoms with van der Waals surface area (Å²) in [5.41, 5.74) is 8.48. The van der Waals surface area contributed by atoms with E-state index in [9.17, 15) is 0 Å². The van der Waals surface area contributed by atoms with Gasteiger partial charge in [0.15, 0.2) is 0 Å². The molecule has 0 aliphatic heterocycles. The van der Waals surface area contributed by atoms with E-state index in [1.807, 2.05) is 31.2 Å². The number of anilines is 2. The van der Waals surface area contributed by atoms with Gasteiger partial charge < -0.3 is 15.8 Å². The first-order valence-corrected chi connectivity index (χ1v) is 5.65. The number of nitrogen functional groups attached to an aromatic ring is 1. The molecule has 0 atom stereocenters. The zero-order valence-electron chi connectivity index (χ0n) is 10.5. The fraction of sp³-hybridized carbons (Fsp3) is 0.231. The quantitative estimate of drug-likeness (QED) is 0.860. The molecule has 0 saturated carbocycles. The molecule has 2 rings (SSSR count). The highest BCUT2D eigenvalue weighted by Gasteiger charge is 2.02. The minimum atomic E-state index is 0.597. The minimum Gasteiger partial charge on any atom is -0.481 e. The maximum atomic E-state index is 5.85. The van der Waals surface area contributed by atoms with Crippen molar-refractivity contribution in [1.82, 2.24) is 9.97 Å². The van der Waals surface area contributed by atoms with Crippen molar-refractivity contribution in [2.75, 3.05) is 18.2 Å². The Balaban J connectivity index is 2.08. The second-order valence-corrected chi connectivity index (χ2v) is 3.95. The molecular formula is C13H16N4O. The second-order valence-electron chi connectivity index (χ2n) is 3.95. The Bertz CT molecular complexity index is 542. The Labute approximate surface area is 106 Å². The molecule has 2 aromatic heterocycles. The van der Waals surface area contributed by atoms with Gasteiger partial charge in [0.1, 0.15) is 5.82 Å². The molecule has 0 aliphatic carbocycles. The molecule has 0 aliphatic rings. The molecule has 0 aromatic carbocycles. The number of methoxy groups -OCH3 is 1. The van der Waals surface area contributed by atoms with Crippen LogP contribution in [-0.4, -0.2) is 17.1 Å². The van der Waals surface area contributed by atoms with Crippen LogP contribution in [0.3, 0.4) is 0 Å². The molecular weight excluding hydrogens is 228 g/mol. The molecule has 18 heavy (non-hydrogen) atoms. The summed E-state index contributed by atoms with van der Waals surface area (Å²) in [6, 6.07) is 7.52. The van der Waals surface area contributed by atoms with Crippen LogP contribution in [-0.2, 0) is 6.54 Å². The summed E-state index contributed by atoms with van der Waals surface area (Å²) < 4.78 is 5.07. The Kier molecular flexibility index (Phi) is 3.62. The molecule has 2 heterocycles. The van der Waals surface area contributed by atoms with E-state index in [2.05, 4.69) is 15.3 Å². The third-order valence-corrected chi connectivity index (χ3v) is 2.53. The van der Waals surface area contributed by atoms with Gasteiger partial charge in [-0.25, -0.2) is 9.97 Å². The van der Waals surface area contributed by atoms with Crippen molar-refractivity contribution in [3.05, 3.63) is 41.7 Å². The molecule has 0 fully saturated rings. The lowest BCUT2D eigenvalue weighted by Crippen LogP contribution is -2.05. The Hall–Kier alpha value is -2.30. The van der Waals surface area contributed by atoms with Crippen LogP contribution in [0.1, 0.15) is 11.3 Å². The van der Waals surface area contributed by atoms with Crippen molar-refractivity contribution in [1.29, 1.82) is 0 Å². The predicted molar refractivity (Wildman–Crippen MR) is 71.5 cm³/mol. The normalized spacial score (nSPS) is 10.1. The van der Waals surface area contributed by atoms with Crippen LogP contribution in [0, 0.1) is 6.92 Å². The molecule has 5 nitrogen and oxygen atoms in total. The van der Waals surface area contributed by atoms with Crippen LogP contribution in [0.15, 0.2) is 30.5 Å². The van der Waals surface area contributed by atoms with Gasteiger partial charge in [0, 0.05) is 24.5 Å². The molecule has 0 unspecified atom stereocenters. The van der Waals surface area contributed by atoms with Crippen LogP contribution in [0.5, 0.6) is 5.88 Å². The van der Waals surface area contributed by atoms with Crippen LogP contribution >= 0.6 is 0 Å².